The number of aryl methyl sites for hydroxylation is 1. The van der Waals surface area contributed by atoms with Crippen LogP contribution in [0.3, 0.4) is 0 Å². The zero-order valence-corrected chi connectivity index (χ0v) is 14.1. The van der Waals surface area contributed by atoms with E-state index < -0.39 is 0 Å². The number of amides is 1. The van der Waals surface area contributed by atoms with Crippen molar-refractivity contribution in [2.75, 3.05) is 5.32 Å². The van der Waals surface area contributed by atoms with Gasteiger partial charge in [0.15, 0.2) is 0 Å². The summed E-state index contributed by atoms with van der Waals surface area (Å²) >= 11 is 0. The van der Waals surface area contributed by atoms with Crippen LogP contribution in [0.25, 0.3) is 22.1 Å². The number of carbonyl (C=O) groups is 1. The van der Waals surface area contributed by atoms with Crippen LogP contribution in [0, 0.1) is 13.8 Å². The predicted molar refractivity (Wildman–Crippen MR) is 101 cm³/mol. The molecular formula is C21H17N3O. The molecule has 1 N–H and O–H groups in total. The Morgan fingerprint density at radius 1 is 0.800 bits per heavy atom. The summed E-state index contributed by atoms with van der Waals surface area (Å²) < 4.78 is 0. The molecule has 122 valence electrons. The second-order valence-electron chi connectivity index (χ2n) is 6.12. The van der Waals surface area contributed by atoms with Gasteiger partial charge in [-0.05, 0) is 61.4 Å². The van der Waals surface area contributed by atoms with Crippen molar-refractivity contribution in [1.29, 1.82) is 0 Å². The standard InChI is InChI=1S/C21H17N3O/c1-13-6-5-9-16(14(13)2)24-21(25)15-10-11-19-20(12-15)23-18-8-4-3-7-17(18)22-19/h3-12H,1-2H3,(H,24,25). The molecule has 4 nitrogen and oxygen atoms in total. The zero-order valence-electron chi connectivity index (χ0n) is 14.1. The highest BCUT2D eigenvalue weighted by molar-refractivity contribution is 6.06. The van der Waals surface area contributed by atoms with Crippen LogP contribution in [0.1, 0.15) is 21.5 Å². The quantitative estimate of drug-likeness (QED) is 0.545. The molecule has 0 radical (unpaired) electrons. The minimum Gasteiger partial charge on any atom is -0.322 e. The van der Waals surface area contributed by atoms with Crippen LogP contribution in [-0.4, -0.2) is 15.9 Å². The van der Waals surface area contributed by atoms with Crippen LogP contribution < -0.4 is 5.32 Å². The summed E-state index contributed by atoms with van der Waals surface area (Å²) in [7, 11) is 0. The van der Waals surface area contributed by atoms with E-state index in [9.17, 15) is 4.79 Å². The number of anilines is 1. The number of fused-ring (bicyclic) bond motifs is 2. The number of aromatic nitrogens is 2. The molecule has 4 rings (SSSR count). The van der Waals surface area contributed by atoms with Gasteiger partial charge in [-0.1, -0.05) is 24.3 Å². The lowest BCUT2D eigenvalue weighted by Gasteiger charge is -2.10. The molecule has 0 bridgehead atoms. The fourth-order valence-corrected chi connectivity index (χ4v) is 2.84. The molecule has 0 unspecified atom stereocenters. The number of hydrogen-bond acceptors (Lipinski definition) is 3. The minimum atomic E-state index is -0.148. The molecule has 3 aromatic carbocycles. The number of hydrogen-bond donors (Lipinski definition) is 1. The first-order valence-corrected chi connectivity index (χ1v) is 8.16. The first kappa shape index (κ1) is 15.3. The van der Waals surface area contributed by atoms with Crippen LogP contribution in [0.4, 0.5) is 5.69 Å². The molecule has 0 fully saturated rings. The molecule has 0 saturated carbocycles. The van der Waals surface area contributed by atoms with Gasteiger partial charge in [-0.25, -0.2) is 9.97 Å². The van der Waals surface area contributed by atoms with Gasteiger partial charge in [0.2, 0.25) is 0 Å². The lowest BCUT2D eigenvalue weighted by Crippen LogP contribution is -2.13. The molecule has 0 aliphatic rings. The smallest absolute Gasteiger partial charge is 0.255 e. The average molecular weight is 327 g/mol. The summed E-state index contributed by atoms with van der Waals surface area (Å²) in [5.74, 6) is -0.148. The molecule has 0 atom stereocenters. The van der Waals surface area contributed by atoms with Crippen molar-refractivity contribution in [3.05, 3.63) is 77.4 Å². The van der Waals surface area contributed by atoms with Gasteiger partial charge in [-0.2, -0.15) is 0 Å². The van der Waals surface area contributed by atoms with Crippen molar-refractivity contribution in [3.8, 4) is 0 Å². The van der Waals surface area contributed by atoms with Crippen LogP contribution in [0.2, 0.25) is 0 Å². The van der Waals surface area contributed by atoms with E-state index in [-0.39, 0.29) is 5.91 Å². The summed E-state index contributed by atoms with van der Waals surface area (Å²) in [5, 5.41) is 2.98. The predicted octanol–water partition coefficient (Wildman–Crippen LogP) is 4.65. The van der Waals surface area contributed by atoms with Gasteiger partial charge in [-0.15, -0.1) is 0 Å². The van der Waals surface area contributed by atoms with Crippen LogP contribution in [-0.2, 0) is 0 Å². The fraction of sp³-hybridized carbons (Fsp3) is 0.0952. The number of nitrogens with one attached hydrogen (secondary N) is 1. The Morgan fingerprint density at radius 2 is 1.48 bits per heavy atom. The lowest BCUT2D eigenvalue weighted by atomic mass is 10.1. The molecule has 0 aliphatic carbocycles. The van der Waals surface area contributed by atoms with Crippen molar-refractivity contribution >= 4 is 33.7 Å². The van der Waals surface area contributed by atoms with E-state index in [2.05, 4.69) is 15.3 Å². The van der Waals surface area contributed by atoms with Gasteiger partial charge in [0.1, 0.15) is 0 Å². The second-order valence-corrected chi connectivity index (χ2v) is 6.12. The summed E-state index contributed by atoms with van der Waals surface area (Å²) in [5.41, 5.74) is 6.78. The van der Waals surface area contributed by atoms with Gasteiger partial charge in [0.25, 0.3) is 5.91 Å². The van der Waals surface area contributed by atoms with E-state index in [0.29, 0.717) is 11.1 Å². The Balaban J connectivity index is 1.72. The molecule has 1 heterocycles. The summed E-state index contributed by atoms with van der Waals surface area (Å²) in [6, 6.07) is 19.0. The number of nitrogens with zero attached hydrogens (tertiary/aromatic N) is 2. The SMILES string of the molecule is Cc1cccc(NC(=O)c2ccc3nc4ccccc4nc3c2)c1C. The van der Waals surface area contributed by atoms with Crippen molar-refractivity contribution in [2.24, 2.45) is 0 Å². The normalized spacial score (nSPS) is 11.0. The number of para-hydroxylation sites is 2. The van der Waals surface area contributed by atoms with E-state index in [1.807, 2.05) is 62.4 Å². The summed E-state index contributed by atoms with van der Waals surface area (Å²) in [6.45, 7) is 4.03. The van der Waals surface area contributed by atoms with E-state index in [4.69, 9.17) is 0 Å². The number of benzene rings is 3. The van der Waals surface area contributed by atoms with Gasteiger partial charge >= 0.3 is 0 Å². The van der Waals surface area contributed by atoms with Crippen LogP contribution in [0.15, 0.2) is 60.7 Å². The highest BCUT2D eigenvalue weighted by Gasteiger charge is 2.10. The average Bonchev–Trinajstić information content (AvgIpc) is 2.63. The summed E-state index contributed by atoms with van der Waals surface area (Å²) in [4.78, 5) is 21.8. The minimum absolute atomic E-state index is 0.148. The van der Waals surface area contributed by atoms with Gasteiger partial charge in [0, 0.05) is 11.3 Å². The Hall–Kier alpha value is -3.27. The Kier molecular flexibility index (Phi) is 3.65. The Labute approximate surface area is 145 Å². The molecule has 25 heavy (non-hydrogen) atoms. The van der Waals surface area contributed by atoms with Gasteiger partial charge < -0.3 is 5.32 Å². The van der Waals surface area contributed by atoms with E-state index >= 15 is 0 Å². The number of rotatable bonds is 2. The Bertz CT molecular complexity index is 1120. The van der Waals surface area contributed by atoms with Crippen molar-refractivity contribution < 1.29 is 4.79 Å². The molecule has 0 spiro atoms. The van der Waals surface area contributed by atoms with Crippen LogP contribution in [0.5, 0.6) is 0 Å². The monoisotopic (exact) mass is 327 g/mol. The van der Waals surface area contributed by atoms with E-state index in [1.165, 1.54) is 0 Å². The molecule has 0 saturated heterocycles. The van der Waals surface area contributed by atoms with Crippen molar-refractivity contribution in [1.82, 2.24) is 9.97 Å². The maximum absolute atomic E-state index is 12.6. The number of carbonyl (C=O) groups excluding carboxylic acids is 1. The largest absolute Gasteiger partial charge is 0.322 e. The van der Waals surface area contributed by atoms with Gasteiger partial charge in [0.05, 0.1) is 22.1 Å². The lowest BCUT2D eigenvalue weighted by molar-refractivity contribution is 0.102. The van der Waals surface area contributed by atoms with E-state index in [1.54, 1.807) is 12.1 Å². The molecule has 1 amide bonds. The molecule has 4 aromatic rings. The second kappa shape index (κ2) is 5.98. The molecule has 0 aliphatic heterocycles. The fourth-order valence-electron chi connectivity index (χ4n) is 2.84. The summed E-state index contributed by atoms with van der Waals surface area (Å²) in [6.07, 6.45) is 0. The maximum atomic E-state index is 12.6. The van der Waals surface area contributed by atoms with Crippen molar-refractivity contribution in [2.45, 2.75) is 13.8 Å². The third kappa shape index (κ3) is 2.83. The first-order chi connectivity index (χ1) is 12.1. The molecule has 4 heteroatoms. The highest BCUT2D eigenvalue weighted by Crippen LogP contribution is 2.21. The zero-order chi connectivity index (χ0) is 17.4. The van der Waals surface area contributed by atoms with Crippen molar-refractivity contribution in [3.63, 3.8) is 0 Å². The third-order valence-electron chi connectivity index (χ3n) is 4.45. The topological polar surface area (TPSA) is 54.9 Å². The molecule has 1 aromatic heterocycles. The Morgan fingerprint density at radius 3 is 2.24 bits per heavy atom. The van der Waals surface area contributed by atoms with Crippen LogP contribution >= 0.6 is 0 Å². The highest BCUT2D eigenvalue weighted by atomic mass is 16.1. The van der Waals surface area contributed by atoms with Gasteiger partial charge in [-0.3, -0.25) is 4.79 Å². The first-order valence-electron chi connectivity index (χ1n) is 8.16. The maximum Gasteiger partial charge on any atom is 0.255 e. The molecular weight excluding hydrogens is 310 g/mol. The van der Waals surface area contributed by atoms with E-state index in [0.717, 1.165) is 33.4 Å². The third-order valence-corrected chi connectivity index (χ3v) is 4.45.